The van der Waals surface area contributed by atoms with Crippen molar-refractivity contribution in [3.63, 3.8) is 0 Å². The third-order valence-corrected chi connectivity index (χ3v) is 3.80. The number of carbonyl (C=O) groups is 1. The monoisotopic (exact) mass is 352 g/mol. The van der Waals surface area contributed by atoms with Gasteiger partial charge in [-0.3, -0.25) is 0 Å². The van der Waals surface area contributed by atoms with Gasteiger partial charge in [0.05, 0.1) is 11.7 Å². The lowest BCUT2D eigenvalue weighted by atomic mass is 9.94. The first-order valence-electron chi connectivity index (χ1n) is 9.49. The summed E-state index contributed by atoms with van der Waals surface area (Å²) in [5, 5.41) is 0. The molecule has 25 heavy (non-hydrogen) atoms. The second kappa shape index (κ2) is 12.9. The molecular formula is C21H36O4. The van der Waals surface area contributed by atoms with E-state index < -0.39 is 5.79 Å². The molecule has 1 aliphatic carbocycles. The average Bonchev–Trinajstić information content (AvgIpc) is 2.66. The standard InChI is InChI=1S/C17H24O4.2C2H6/c1-17(2,19-3)21-15-11-7-10-14(12-15)20-16(18)13-8-5-4-6-9-13;2*1-2/h4-6,8-9,14-15H,7,10-12H2,1-3H3;2*1-2H3. The second-order valence-electron chi connectivity index (χ2n) is 5.90. The van der Waals surface area contributed by atoms with Gasteiger partial charge in [-0.2, -0.15) is 0 Å². The molecular weight excluding hydrogens is 316 g/mol. The third-order valence-electron chi connectivity index (χ3n) is 3.80. The van der Waals surface area contributed by atoms with Gasteiger partial charge in [0.25, 0.3) is 0 Å². The van der Waals surface area contributed by atoms with Crippen molar-refractivity contribution in [2.45, 2.75) is 85.2 Å². The lowest BCUT2D eigenvalue weighted by molar-refractivity contribution is -0.232. The van der Waals surface area contributed by atoms with Crippen LogP contribution in [-0.4, -0.2) is 31.1 Å². The molecule has 2 unspecified atom stereocenters. The SMILES string of the molecule is CC.CC.COC(C)(C)OC1CCCC(OC(=O)c2ccccc2)C1. The molecule has 0 saturated heterocycles. The van der Waals surface area contributed by atoms with E-state index in [0.29, 0.717) is 5.56 Å². The fourth-order valence-electron chi connectivity index (χ4n) is 2.56. The lowest BCUT2D eigenvalue weighted by Crippen LogP contribution is -2.37. The molecule has 0 amide bonds. The van der Waals surface area contributed by atoms with Crippen LogP contribution in [0.25, 0.3) is 0 Å². The van der Waals surface area contributed by atoms with Crippen molar-refractivity contribution < 1.29 is 19.0 Å². The number of benzene rings is 1. The normalized spacial score (nSPS) is 19.6. The molecule has 0 N–H and O–H groups in total. The van der Waals surface area contributed by atoms with Gasteiger partial charge in [0.2, 0.25) is 0 Å². The predicted octanol–water partition coefficient (Wildman–Crippen LogP) is 5.61. The van der Waals surface area contributed by atoms with Crippen molar-refractivity contribution in [2.24, 2.45) is 0 Å². The summed E-state index contributed by atoms with van der Waals surface area (Å²) < 4.78 is 16.8. The zero-order valence-corrected chi connectivity index (χ0v) is 17.0. The Hall–Kier alpha value is -1.39. The Morgan fingerprint density at radius 1 is 1.00 bits per heavy atom. The molecule has 0 heterocycles. The van der Waals surface area contributed by atoms with Gasteiger partial charge < -0.3 is 14.2 Å². The van der Waals surface area contributed by atoms with Crippen LogP contribution in [0.3, 0.4) is 0 Å². The summed E-state index contributed by atoms with van der Waals surface area (Å²) in [7, 11) is 1.63. The van der Waals surface area contributed by atoms with Crippen LogP contribution in [0.5, 0.6) is 0 Å². The highest BCUT2D eigenvalue weighted by atomic mass is 16.7. The van der Waals surface area contributed by atoms with Gasteiger partial charge in [-0.05, 0) is 45.2 Å². The van der Waals surface area contributed by atoms with Crippen LogP contribution in [0, 0.1) is 0 Å². The Balaban J connectivity index is 0.00000134. The topological polar surface area (TPSA) is 44.8 Å². The lowest BCUT2D eigenvalue weighted by Gasteiger charge is -2.34. The Morgan fingerprint density at radius 2 is 1.56 bits per heavy atom. The van der Waals surface area contributed by atoms with Crippen LogP contribution < -0.4 is 0 Å². The Morgan fingerprint density at radius 3 is 2.12 bits per heavy atom. The van der Waals surface area contributed by atoms with Gasteiger partial charge in [0.15, 0.2) is 5.79 Å². The number of esters is 1. The minimum Gasteiger partial charge on any atom is -0.459 e. The minimum atomic E-state index is -0.601. The van der Waals surface area contributed by atoms with Crippen LogP contribution in [0.15, 0.2) is 30.3 Å². The van der Waals surface area contributed by atoms with E-state index in [-0.39, 0.29) is 18.2 Å². The maximum Gasteiger partial charge on any atom is 0.338 e. The minimum absolute atomic E-state index is 0.0715. The van der Waals surface area contributed by atoms with Gasteiger partial charge in [-0.15, -0.1) is 0 Å². The fourth-order valence-corrected chi connectivity index (χ4v) is 2.56. The molecule has 1 aliphatic rings. The van der Waals surface area contributed by atoms with Crippen molar-refractivity contribution in [1.82, 2.24) is 0 Å². The zero-order valence-electron chi connectivity index (χ0n) is 17.0. The molecule has 0 aliphatic heterocycles. The van der Waals surface area contributed by atoms with Gasteiger partial charge in [0, 0.05) is 13.5 Å². The Bertz CT molecular complexity index is 456. The molecule has 2 rings (SSSR count). The van der Waals surface area contributed by atoms with E-state index in [0.717, 1.165) is 25.7 Å². The maximum absolute atomic E-state index is 12.1. The van der Waals surface area contributed by atoms with Crippen LogP contribution in [-0.2, 0) is 14.2 Å². The number of carbonyl (C=O) groups excluding carboxylic acids is 1. The van der Waals surface area contributed by atoms with E-state index in [2.05, 4.69) is 0 Å². The van der Waals surface area contributed by atoms with Crippen LogP contribution >= 0.6 is 0 Å². The van der Waals surface area contributed by atoms with E-state index >= 15 is 0 Å². The first kappa shape index (κ1) is 23.6. The fraction of sp³-hybridized carbons (Fsp3) is 0.667. The van der Waals surface area contributed by atoms with Gasteiger partial charge in [0.1, 0.15) is 6.10 Å². The highest BCUT2D eigenvalue weighted by Crippen LogP contribution is 2.27. The summed E-state index contributed by atoms with van der Waals surface area (Å²) in [6.45, 7) is 11.8. The van der Waals surface area contributed by atoms with Crippen LogP contribution in [0.1, 0.15) is 77.6 Å². The Labute approximate surface area is 153 Å². The summed E-state index contributed by atoms with van der Waals surface area (Å²) in [5.41, 5.74) is 0.595. The second-order valence-corrected chi connectivity index (χ2v) is 5.90. The number of hydrogen-bond acceptors (Lipinski definition) is 4. The van der Waals surface area contributed by atoms with E-state index in [1.165, 1.54) is 0 Å². The molecule has 1 aromatic carbocycles. The van der Waals surface area contributed by atoms with E-state index in [9.17, 15) is 4.79 Å². The highest BCUT2D eigenvalue weighted by Gasteiger charge is 2.30. The van der Waals surface area contributed by atoms with E-state index in [1.807, 2.05) is 59.7 Å². The molecule has 0 spiro atoms. The largest absolute Gasteiger partial charge is 0.459 e. The van der Waals surface area contributed by atoms with E-state index in [1.54, 1.807) is 19.2 Å². The van der Waals surface area contributed by atoms with Crippen LogP contribution in [0.4, 0.5) is 0 Å². The molecule has 1 saturated carbocycles. The summed E-state index contributed by atoms with van der Waals surface area (Å²) >= 11 is 0. The van der Waals surface area contributed by atoms with Crippen molar-refractivity contribution in [3.05, 3.63) is 35.9 Å². The van der Waals surface area contributed by atoms with Gasteiger partial charge >= 0.3 is 5.97 Å². The van der Waals surface area contributed by atoms with Crippen molar-refractivity contribution >= 4 is 5.97 Å². The van der Waals surface area contributed by atoms with Crippen molar-refractivity contribution in [3.8, 4) is 0 Å². The summed E-state index contributed by atoms with van der Waals surface area (Å²) in [6, 6.07) is 9.10. The number of methoxy groups -OCH3 is 1. The van der Waals surface area contributed by atoms with Gasteiger partial charge in [-0.1, -0.05) is 45.9 Å². The molecule has 144 valence electrons. The maximum atomic E-state index is 12.1. The van der Waals surface area contributed by atoms with Crippen LogP contribution in [0.2, 0.25) is 0 Å². The number of hydrogen-bond donors (Lipinski definition) is 0. The molecule has 0 bridgehead atoms. The summed E-state index contributed by atoms with van der Waals surface area (Å²) in [5.74, 6) is -0.858. The molecule has 0 radical (unpaired) electrons. The van der Waals surface area contributed by atoms with Gasteiger partial charge in [-0.25, -0.2) is 4.79 Å². The molecule has 2 atom stereocenters. The molecule has 1 fully saturated rings. The average molecular weight is 353 g/mol. The molecule has 4 nitrogen and oxygen atoms in total. The first-order chi connectivity index (χ1) is 12.0. The summed E-state index contributed by atoms with van der Waals surface area (Å²) in [6.07, 6.45) is 3.59. The molecule has 1 aromatic rings. The summed E-state index contributed by atoms with van der Waals surface area (Å²) in [4.78, 5) is 12.1. The number of ether oxygens (including phenoxy) is 3. The third kappa shape index (κ3) is 9.03. The zero-order chi connectivity index (χ0) is 19.3. The van der Waals surface area contributed by atoms with Crippen molar-refractivity contribution in [2.75, 3.05) is 7.11 Å². The van der Waals surface area contributed by atoms with Crippen molar-refractivity contribution in [1.29, 1.82) is 0 Å². The predicted molar refractivity (Wildman–Crippen MR) is 103 cm³/mol. The first-order valence-corrected chi connectivity index (χ1v) is 9.49. The quantitative estimate of drug-likeness (QED) is 0.510. The molecule has 0 aromatic heterocycles. The number of rotatable bonds is 5. The van der Waals surface area contributed by atoms with E-state index in [4.69, 9.17) is 14.2 Å². The Kier molecular flexibility index (Phi) is 12.2. The smallest absolute Gasteiger partial charge is 0.338 e. The molecule has 4 heteroatoms. The highest BCUT2D eigenvalue weighted by molar-refractivity contribution is 5.89.